The standard InChI is InChI=1S/C21H21ClFN3O/c1-15(2)26(21(27)16-7-9-18(22)10-8-16)14-20-24-11-12-25(20)13-17-5-3-4-6-19(17)23/h3-12,15H,13-14H2,1-2H3. The van der Waals surface area contributed by atoms with Crippen LogP contribution in [0.5, 0.6) is 0 Å². The van der Waals surface area contributed by atoms with Crippen molar-refractivity contribution in [1.29, 1.82) is 0 Å². The maximum Gasteiger partial charge on any atom is 0.254 e. The highest BCUT2D eigenvalue weighted by atomic mass is 35.5. The summed E-state index contributed by atoms with van der Waals surface area (Å²) in [5, 5.41) is 0.586. The number of carbonyl (C=O) groups is 1. The molecule has 3 aromatic rings. The molecule has 0 bridgehead atoms. The number of rotatable bonds is 6. The van der Waals surface area contributed by atoms with Gasteiger partial charge in [0.15, 0.2) is 0 Å². The lowest BCUT2D eigenvalue weighted by atomic mass is 10.1. The molecule has 140 valence electrons. The van der Waals surface area contributed by atoms with Gasteiger partial charge in [-0.15, -0.1) is 0 Å². The minimum atomic E-state index is -0.255. The number of amides is 1. The molecule has 0 N–H and O–H groups in total. The number of carbonyl (C=O) groups excluding carboxylic acids is 1. The van der Waals surface area contributed by atoms with E-state index in [1.54, 1.807) is 59.8 Å². The van der Waals surface area contributed by atoms with E-state index in [4.69, 9.17) is 11.6 Å². The molecule has 0 aliphatic carbocycles. The Bertz CT molecular complexity index is 921. The van der Waals surface area contributed by atoms with Crippen LogP contribution in [0.1, 0.15) is 35.6 Å². The zero-order chi connectivity index (χ0) is 19.4. The van der Waals surface area contributed by atoms with Gasteiger partial charge < -0.3 is 9.47 Å². The summed E-state index contributed by atoms with van der Waals surface area (Å²) < 4.78 is 15.8. The van der Waals surface area contributed by atoms with Crippen molar-refractivity contribution in [2.45, 2.75) is 33.0 Å². The highest BCUT2D eigenvalue weighted by molar-refractivity contribution is 6.30. The van der Waals surface area contributed by atoms with Gasteiger partial charge in [-0.3, -0.25) is 4.79 Å². The van der Waals surface area contributed by atoms with Crippen LogP contribution in [0.4, 0.5) is 4.39 Å². The molecule has 1 heterocycles. The molecule has 2 aromatic carbocycles. The molecular weight excluding hydrogens is 365 g/mol. The Kier molecular flexibility index (Phi) is 5.91. The zero-order valence-electron chi connectivity index (χ0n) is 15.3. The molecule has 0 saturated carbocycles. The van der Waals surface area contributed by atoms with Crippen molar-refractivity contribution in [1.82, 2.24) is 14.5 Å². The van der Waals surface area contributed by atoms with Crippen molar-refractivity contribution in [2.75, 3.05) is 0 Å². The summed E-state index contributed by atoms with van der Waals surface area (Å²) in [7, 11) is 0. The number of aromatic nitrogens is 2. The molecule has 1 amide bonds. The van der Waals surface area contributed by atoms with Crippen LogP contribution in [0.3, 0.4) is 0 Å². The number of benzene rings is 2. The van der Waals surface area contributed by atoms with E-state index in [-0.39, 0.29) is 17.8 Å². The van der Waals surface area contributed by atoms with E-state index in [0.717, 1.165) is 0 Å². The number of hydrogen-bond acceptors (Lipinski definition) is 2. The molecule has 0 radical (unpaired) electrons. The summed E-state index contributed by atoms with van der Waals surface area (Å²) in [6.07, 6.45) is 3.47. The summed E-state index contributed by atoms with van der Waals surface area (Å²) in [4.78, 5) is 19.1. The van der Waals surface area contributed by atoms with Crippen LogP contribution in [0.25, 0.3) is 0 Å². The normalized spacial score (nSPS) is 11.0. The molecule has 6 heteroatoms. The van der Waals surface area contributed by atoms with E-state index >= 15 is 0 Å². The van der Waals surface area contributed by atoms with Crippen molar-refractivity contribution in [3.8, 4) is 0 Å². The maximum absolute atomic E-state index is 14.0. The van der Waals surface area contributed by atoms with Crippen molar-refractivity contribution >= 4 is 17.5 Å². The van der Waals surface area contributed by atoms with Gasteiger partial charge in [0.1, 0.15) is 11.6 Å². The quantitative estimate of drug-likeness (QED) is 0.612. The smallest absolute Gasteiger partial charge is 0.254 e. The number of hydrogen-bond donors (Lipinski definition) is 0. The molecule has 0 aliphatic heterocycles. The predicted octanol–water partition coefficient (Wildman–Crippen LogP) is 4.77. The Morgan fingerprint density at radius 2 is 1.89 bits per heavy atom. The number of nitrogens with zero attached hydrogens (tertiary/aromatic N) is 3. The minimum absolute atomic E-state index is 0.0215. The van der Waals surface area contributed by atoms with Gasteiger partial charge in [-0.25, -0.2) is 9.37 Å². The molecule has 0 unspecified atom stereocenters. The van der Waals surface area contributed by atoms with Gasteiger partial charge in [0, 0.05) is 34.6 Å². The van der Waals surface area contributed by atoms with Gasteiger partial charge in [-0.1, -0.05) is 29.8 Å². The summed E-state index contributed by atoms with van der Waals surface area (Å²) >= 11 is 5.92. The molecule has 27 heavy (non-hydrogen) atoms. The Balaban J connectivity index is 1.82. The SMILES string of the molecule is CC(C)N(Cc1nccn1Cc1ccccc1F)C(=O)c1ccc(Cl)cc1. The molecule has 0 aliphatic rings. The molecule has 0 spiro atoms. The lowest BCUT2D eigenvalue weighted by Crippen LogP contribution is -2.37. The average Bonchev–Trinajstić information content (AvgIpc) is 3.08. The van der Waals surface area contributed by atoms with E-state index in [2.05, 4.69) is 4.98 Å². The van der Waals surface area contributed by atoms with Gasteiger partial charge in [0.05, 0.1) is 13.1 Å². The minimum Gasteiger partial charge on any atom is -0.329 e. The van der Waals surface area contributed by atoms with Crippen LogP contribution in [-0.2, 0) is 13.1 Å². The fourth-order valence-electron chi connectivity index (χ4n) is 2.85. The second-order valence-corrected chi connectivity index (χ2v) is 7.03. The summed E-state index contributed by atoms with van der Waals surface area (Å²) in [6.45, 7) is 4.61. The first-order valence-corrected chi connectivity index (χ1v) is 9.13. The first kappa shape index (κ1) is 19.1. The van der Waals surface area contributed by atoms with Crippen LogP contribution >= 0.6 is 11.6 Å². The first-order valence-electron chi connectivity index (χ1n) is 8.75. The summed E-state index contributed by atoms with van der Waals surface area (Å²) in [6, 6.07) is 13.5. The van der Waals surface area contributed by atoms with Crippen LogP contribution in [0.15, 0.2) is 60.9 Å². The second-order valence-electron chi connectivity index (χ2n) is 6.60. The van der Waals surface area contributed by atoms with Crippen molar-refractivity contribution in [3.63, 3.8) is 0 Å². The van der Waals surface area contributed by atoms with Gasteiger partial charge in [0.2, 0.25) is 0 Å². The zero-order valence-corrected chi connectivity index (χ0v) is 16.0. The van der Waals surface area contributed by atoms with Crippen molar-refractivity contribution < 1.29 is 9.18 Å². The lowest BCUT2D eigenvalue weighted by Gasteiger charge is -2.27. The topological polar surface area (TPSA) is 38.1 Å². The molecule has 4 nitrogen and oxygen atoms in total. The molecule has 0 saturated heterocycles. The molecule has 3 rings (SSSR count). The van der Waals surface area contributed by atoms with Gasteiger partial charge in [-0.2, -0.15) is 0 Å². The largest absolute Gasteiger partial charge is 0.329 e. The maximum atomic E-state index is 14.0. The highest BCUT2D eigenvalue weighted by Crippen LogP contribution is 2.17. The number of imidazole rings is 1. The first-order chi connectivity index (χ1) is 13.0. The predicted molar refractivity (Wildman–Crippen MR) is 104 cm³/mol. The van der Waals surface area contributed by atoms with Crippen LogP contribution in [-0.4, -0.2) is 26.4 Å². The van der Waals surface area contributed by atoms with Crippen LogP contribution in [0.2, 0.25) is 5.02 Å². The molecule has 0 fully saturated rings. The third-order valence-electron chi connectivity index (χ3n) is 4.39. The van der Waals surface area contributed by atoms with E-state index in [1.807, 2.05) is 18.4 Å². The average molecular weight is 386 g/mol. The highest BCUT2D eigenvalue weighted by Gasteiger charge is 2.21. The second kappa shape index (κ2) is 8.35. The van der Waals surface area contributed by atoms with E-state index < -0.39 is 0 Å². The monoisotopic (exact) mass is 385 g/mol. The molecular formula is C21H21ClFN3O. The third kappa shape index (κ3) is 4.55. The van der Waals surface area contributed by atoms with Gasteiger partial charge in [0.25, 0.3) is 5.91 Å². The van der Waals surface area contributed by atoms with E-state index in [9.17, 15) is 9.18 Å². The van der Waals surface area contributed by atoms with Gasteiger partial charge >= 0.3 is 0 Å². The Morgan fingerprint density at radius 1 is 1.19 bits per heavy atom. The van der Waals surface area contributed by atoms with Gasteiger partial charge in [-0.05, 0) is 44.2 Å². The Hall–Kier alpha value is -2.66. The summed E-state index contributed by atoms with van der Waals surface area (Å²) in [5.41, 5.74) is 1.15. The van der Waals surface area contributed by atoms with Crippen LogP contribution in [0, 0.1) is 5.82 Å². The third-order valence-corrected chi connectivity index (χ3v) is 4.64. The molecule has 1 aromatic heterocycles. The lowest BCUT2D eigenvalue weighted by molar-refractivity contribution is 0.0683. The Morgan fingerprint density at radius 3 is 2.56 bits per heavy atom. The fourth-order valence-corrected chi connectivity index (χ4v) is 2.97. The fraction of sp³-hybridized carbons (Fsp3) is 0.238. The Labute approximate surface area is 163 Å². The molecule has 0 atom stereocenters. The number of halogens is 2. The summed E-state index contributed by atoms with van der Waals surface area (Å²) in [5.74, 6) is 0.353. The van der Waals surface area contributed by atoms with Crippen molar-refractivity contribution in [3.05, 3.63) is 88.7 Å². The van der Waals surface area contributed by atoms with Crippen LogP contribution < -0.4 is 0 Å². The van der Waals surface area contributed by atoms with E-state index in [0.29, 0.717) is 35.1 Å². The van der Waals surface area contributed by atoms with Crippen molar-refractivity contribution in [2.24, 2.45) is 0 Å². The van der Waals surface area contributed by atoms with E-state index in [1.165, 1.54) is 6.07 Å².